The number of carbonyl (C=O) groups excluding carboxylic acids is 1. The van der Waals surface area contributed by atoms with E-state index in [1.165, 1.54) is 24.3 Å². The molecule has 0 heterocycles. The number of halogens is 1. The van der Waals surface area contributed by atoms with Crippen LogP contribution in [0.4, 0.5) is 0 Å². The summed E-state index contributed by atoms with van der Waals surface area (Å²) in [6.45, 7) is 3.85. The zero-order valence-corrected chi connectivity index (χ0v) is 17.0. The zero-order valence-electron chi connectivity index (χ0n) is 15.4. The maximum atomic E-state index is 12.6. The third kappa shape index (κ3) is 5.95. The summed E-state index contributed by atoms with van der Waals surface area (Å²) in [5.41, 5.74) is 0.882. The Hall–Kier alpha value is -2.09. The molecule has 0 spiro atoms. The number of methoxy groups -OCH3 is 1. The SMILES string of the molecule is COc1ccc(CNC(=O)[C@@H](NS(=O)(=O)c2ccc(Cl)cc2)C(C)C)cc1. The fraction of sp³-hybridized carbons (Fsp3) is 0.316. The highest BCUT2D eigenvalue weighted by molar-refractivity contribution is 7.89. The monoisotopic (exact) mass is 410 g/mol. The summed E-state index contributed by atoms with van der Waals surface area (Å²) in [5, 5.41) is 3.21. The Morgan fingerprint density at radius 3 is 2.19 bits per heavy atom. The molecule has 0 aliphatic carbocycles. The van der Waals surface area contributed by atoms with Crippen molar-refractivity contribution in [3.8, 4) is 5.75 Å². The Bertz CT molecular complexity index is 866. The van der Waals surface area contributed by atoms with Crippen LogP contribution in [0.25, 0.3) is 0 Å². The lowest BCUT2D eigenvalue weighted by atomic mass is 10.0. The predicted molar refractivity (Wildman–Crippen MR) is 105 cm³/mol. The van der Waals surface area contributed by atoms with Crippen LogP contribution in [-0.2, 0) is 21.4 Å². The molecule has 2 aromatic rings. The highest BCUT2D eigenvalue weighted by Crippen LogP contribution is 2.16. The molecule has 1 atom stereocenters. The van der Waals surface area contributed by atoms with Gasteiger partial charge in [0.1, 0.15) is 11.8 Å². The fourth-order valence-electron chi connectivity index (χ4n) is 2.38. The van der Waals surface area contributed by atoms with Crippen molar-refractivity contribution < 1.29 is 17.9 Å². The normalized spacial score (nSPS) is 12.6. The van der Waals surface area contributed by atoms with Gasteiger partial charge in [0.15, 0.2) is 0 Å². The van der Waals surface area contributed by atoms with Crippen LogP contribution in [0.15, 0.2) is 53.4 Å². The Labute approximate surface area is 164 Å². The molecule has 0 aliphatic rings. The van der Waals surface area contributed by atoms with Crippen LogP contribution in [0.5, 0.6) is 5.75 Å². The lowest BCUT2D eigenvalue weighted by molar-refractivity contribution is -0.123. The first-order chi connectivity index (χ1) is 12.7. The minimum atomic E-state index is -3.84. The Kier molecular flexibility index (Phi) is 7.24. The summed E-state index contributed by atoms with van der Waals surface area (Å²) in [4.78, 5) is 12.6. The van der Waals surface area contributed by atoms with E-state index >= 15 is 0 Å². The van der Waals surface area contributed by atoms with E-state index in [0.717, 1.165) is 11.3 Å². The third-order valence-corrected chi connectivity index (χ3v) is 5.69. The Morgan fingerprint density at radius 1 is 1.07 bits per heavy atom. The maximum Gasteiger partial charge on any atom is 0.241 e. The number of hydrogen-bond donors (Lipinski definition) is 2. The summed E-state index contributed by atoms with van der Waals surface area (Å²) in [6.07, 6.45) is 0. The molecular formula is C19H23ClN2O4S. The highest BCUT2D eigenvalue weighted by Gasteiger charge is 2.28. The molecule has 8 heteroatoms. The van der Waals surface area contributed by atoms with Crippen molar-refractivity contribution in [2.24, 2.45) is 5.92 Å². The molecule has 0 unspecified atom stereocenters. The van der Waals surface area contributed by atoms with E-state index in [0.29, 0.717) is 5.02 Å². The maximum absolute atomic E-state index is 12.6. The van der Waals surface area contributed by atoms with Crippen LogP contribution in [0.1, 0.15) is 19.4 Å². The molecular weight excluding hydrogens is 388 g/mol. The molecule has 2 N–H and O–H groups in total. The van der Waals surface area contributed by atoms with Gasteiger partial charge in [-0.3, -0.25) is 4.79 Å². The molecule has 0 saturated heterocycles. The van der Waals surface area contributed by atoms with Gasteiger partial charge in [0.25, 0.3) is 0 Å². The molecule has 1 amide bonds. The van der Waals surface area contributed by atoms with Crippen LogP contribution in [-0.4, -0.2) is 27.5 Å². The van der Waals surface area contributed by atoms with Crippen molar-refractivity contribution in [1.82, 2.24) is 10.0 Å². The summed E-state index contributed by atoms with van der Waals surface area (Å²) < 4.78 is 32.7. The summed E-state index contributed by atoms with van der Waals surface area (Å²) in [6, 6.07) is 12.1. The van der Waals surface area contributed by atoms with Crippen molar-refractivity contribution in [1.29, 1.82) is 0 Å². The average molecular weight is 411 g/mol. The first kappa shape index (κ1) is 21.2. The fourth-order valence-corrected chi connectivity index (χ4v) is 3.85. The van der Waals surface area contributed by atoms with Crippen LogP contribution in [0.3, 0.4) is 0 Å². The average Bonchev–Trinajstić information content (AvgIpc) is 2.64. The van der Waals surface area contributed by atoms with Crippen LogP contribution < -0.4 is 14.8 Å². The van der Waals surface area contributed by atoms with Crippen LogP contribution in [0, 0.1) is 5.92 Å². The van der Waals surface area contributed by atoms with E-state index in [2.05, 4.69) is 10.0 Å². The zero-order chi connectivity index (χ0) is 20.0. The first-order valence-electron chi connectivity index (χ1n) is 8.41. The molecule has 0 aromatic heterocycles. The third-order valence-electron chi connectivity index (χ3n) is 3.98. The molecule has 0 fully saturated rings. The predicted octanol–water partition coefficient (Wildman–Crippen LogP) is 2.97. The minimum absolute atomic E-state index is 0.0560. The number of rotatable bonds is 8. The Morgan fingerprint density at radius 2 is 1.67 bits per heavy atom. The van der Waals surface area contributed by atoms with E-state index in [1.54, 1.807) is 33.1 Å². The molecule has 0 radical (unpaired) electrons. The van der Waals surface area contributed by atoms with Gasteiger partial charge >= 0.3 is 0 Å². The summed E-state index contributed by atoms with van der Waals surface area (Å²) >= 11 is 5.80. The van der Waals surface area contributed by atoms with E-state index < -0.39 is 22.0 Å². The molecule has 146 valence electrons. The number of sulfonamides is 1. The molecule has 6 nitrogen and oxygen atoms in total. The van der Waals surface area contributed by atoms with Crippen molar-refractivity contribution in [3.05, 3.63) is 59.1 Å². The van der Waals surface area contributed by atoms with E-state index in [-0.39, 0.29) is 17.4 Å². The molecule has 0 saturated carbocycles. The van der Waals surface area contributed by atoms with Gasteiger partial charge in [0, 0.05) is 11.6 Å². The largest absolute Gasteiger partial charge is 0.497 e. The highest BCUT2D eigenvalue weighted by atomic mass is 35.5. The van der Waals surface area contributed by atoms with Crippen LogP contribution >= 0.6 is 11.6 Å². The van der Waals surface area contributed by atoms with Gasteiger partial charge in [0.2, 0.25) is 15.9 Å². The van der Waals surface area contributed by atoms with E-state index in [1.807, 2.05) is 12.1 Å². The Balaban J connectivity index is 2.06. The van der Waals surface area contributed by atoms with Gasteiger partial charge in [-0.2, -0.15) is 4.72 Å². The van der Waals surface area contributed by atoms with E-state index in [4.69, 9.17) is 16.3 Å². The number of amides is 1. The first-order valence-corrected chi connectivity index (χ1v) is 10.3. The quantitative estimate of drug-likeness (QED) is 0.700. The standard InChI is InChI=1S/C19H23ClN2O4S/c1-13(2)18(22-27(24,25)17-10-6-15(20)7-11-17)19(23)21-12-14-4-8-16(26-3)9-5-14/h4-11,13,18,22H,12H2,1-3H3,(H,21,23)/t18-/m0/s1. The lowest BCUT2D eigenvalue weighted by Crippen LogP contribution is -2.49. The molecule has 0 bridgehead atoms. The van der Waals surface area contributed by atoms with Crippen LogP contribution in [0.2, 0.25) is 5.02 Å². The van der Waals surface area contributed by atoms with Gasteiger partial charge in [-0.15, -0.1) is 0 Å². The molecule has 2 aromatic carbocycles. The van der Waals surface area contributed by atoms with E-state index in [9.17, 15) is 13.2 Å². The smallest absolute Gasteiger partial charge is 0.241 e. The second-order valence-electron chi connectivity index (χ2n) is 6.36. The topological polar surface area (TPSA) is 84.5 Å². The molecule has 27 heavy (non-hydrogen) atoms. The summed E-state index contributed by atoms with van der Waals surface area (Å²) in [5.74, 6) is 0.0992. The second kappa shape index (κ2) is 9.21. The number of ether oxygens (including phenoxy) is 1. The lowest BCUT2D eigenvalue weighted by Gasteiger charge is -2.21. The van der Waals surface area contributed by atoms with Crippen molar-refractivity contribution in [2.75, 3.05) is 7.11 Å². The number of hydrogen-bond acceptors (Lipinski definition) is 4. The number of nitrogens with one attached hydrogen (secondary N) is 2. The van der Waals surface area contributed by atoms with Crippen molar-refractivity contribution >= 4 is 27.5 Å². The minimum Gasteiger partial charge on any atom is -0.497 e. The molecule has 0 aliphatic heterocycles. The molecule has 2 rings (SSSR count). The number of benzene rings is 2. The van der Waals surface area contributed by atoms with Gasteiger partial charge in [-0.1, -0.05) is 37.6 Å². The summed E-state index contributed by atoms with van der Waals surface area (Å²) in [7, 11) is -2.26. The van der Waals surface area contributed by atoms with Gasteiger partial charge < -0.3 is 10.1 Å². The van der Waals surface area contributed by atoms with Crippen molar-refractivity contribution in [2.45, 2.75) is 31.3 Å². The van der Waals surface area contributed by atoms with Gasteiger partial charge in [0.05, 0.1) is 12.0 Å². The van der Waals surface area contributed by atoms with Gasteiger partial charge in [-0.25, -0.2) is 8.42 Å². The van der Waals surface area contributed by atoms with Crippen molar-refractivity contribution in [3.63, 3.8) is 0 Å². The second-order valence-corrected chi connectivity index (χ2v) is 8.51. The number of carbonyl (C=O) groups is 1. The van der Waals surface area contributed by atoms with Gasteiger partial charge in [-0.05, 0) is 47.9 Å².